The summed E-state index contributed by atoms with van der Waals surface area (Å²) in [6.45, 7) is 0. The molecule has 1 nitrogen and oxygen atoms in total. The van der Waals surface area contributed by atoms with Crippen LogP contribution in [0.1, 0.15) is 37.2 Å². The van der Waals surface area contributed by atoms with Crippen LogP contribution in [-0.2, 0) is 4.79 Å². The zero-order valence-electron chi connectivity index (χ0n) is 8.00. The van der Waals surface area contributed by atoms with Gasteiger partial charge in [-0.25, -0.2) is 0 Å². The Bertz CT molecular complexity index is 346. The lowest BCUT2D eigenvalue weighted by Gasteiger charge is -2.21. The van der Waals surface area contributed by atoms with E-state index in [9.17, 15) is 4.79 Å². The molecule has 0 N–H and O–H groups in total. The number of Topliss-reactive ketones (excluding diaryl/α,β-unsaturated/α-hetero) is 1. The van der Waals surface area contributed by atoms with Crippen LogP contribution in [0.5, 0.6) is 0 Å². The fraction of sp³-hybridized carbons (Fsp3) is 0.417. The first kappa shape index (κ1) is 9.91. The normalized spacial score (nSPS) is 22.4. The zero-order chi connectivity index (χ0) is 9.97. The van der Waals surface area contributed by atoms with Crippen LogP contribution < -0.4 is 0 Å². The predicted molar refractivity (Wildman–Crippen MR) is 60.4 cm³/mol. The van der Waals surface area contributed by atoms with Gasteiger partial charge in [-0.15, -0.1) is 0 Å². The van der Waals surface area contributed by atoms with E-state index in [0.717, 1.165) is 30.2 Å². The van der Waals surface area contributed by atoms with Crippen molar-refractivity contribution >= 4 is 21.7 Å². The van der Waals surface area contributed by atoms with Crippen LogP contribution in [0.15, 0.2) is 28.7 Å². The summed E-state index contributed by atoms with van der Waals surface area (Å²) in [5.41, 5.74) is 1.30. The summed E-state index contributed by atoms with van der Waals surface area (Å²) in [5.74, 6) is 0.870. The lowest BCUT2D eigenvalue weighted by atomic mass is 9.83. The van der Waals surface area contributed by atoms with Gasteiger partial charge in [0.05, 0.1) is 0 Å². The molecule has 1 aromatic carbocycles. The molecular formula is C12H13BrO. The van der Waals surface area contributed by atoms with E-state index in [1.807, 2.05) is 12.1 Å². The van der Waals surface area contributed by atoms with E-state index in [0.29, 0.717) is 11.7 Å². The second-order valence-electron chi connectivity index (χ2n) is 3.89. The first-order chi connectivity index (χ1) is 6.75. The summed E-state index contributed by atoms with van der Waals surface area (Å²) in [5, 5.41) is 0. The highest BCUT2D eigenvalue weighted by Crippen LogP contribution is 2.31. The summed E-state index contributed by atoms with van der Waals surface area (Å²) >= 11 is 3.46. The highest BCUT2D eigenvalue weighted by molar-refractivity contribution is 9.10. The molecule has 1 aromatic rings. The molecule has 1 fully saturated rings. The SMILES string of the molecule is O=C1CCCC(c2cccc(Br)c2)C1. The Morgan fingerprint density at radius 3 is 2.93 bits per heavy atom. The van der Waals surface area contributed by atoms with Crippen molar-refractivity contribution in [1.29, 1.82) is 0 Å². The quantitative estimate of drug-likeness (QED) is 0.746. The Hall–Kier alpha value is -0.630. The van der Waals surface area contributed by atoms with Gasteiger partial charge in [0.1, 0.15) is 5.78 Å². The van der Waals surface area contributed by atoms with E-state index in [1.54, 1.807) is 0 Å². The summed E-state index contributed by atoms with van der Waals surface area (Å²) < 4.78 is 1.10. The summed E-state index contributed by atoms with van der Waals surface area (Å²) in [7, 11) is 0. The number of benzene rings is 1. The highest BCUT2D eigenvalue weighted by atomic mass is 79.9. The van der Waals surface area contributed by atoms with E-state index in [1.165, 1.54) is 5.56 Å². The van der Waals surface area contributed by atoms with E-state index in [-0.39, 0.29) is 0 Å². The number of hydrogen-bond acceptors (Lipinski definition) is 1. The van der Waals surface area contributed by atoms with Crippen molar-refractivity contribution in [3.63, 3.8) is 0 Å². The Morgan fingerprint density at radius 1 is 1.36 bits per heavy atom. The first-order valence-electron chi connectivity index (χ1n) is 5.03. The fourth-order valence-electron chi connectivity index (χ4n) is 2.07. The molecule has 1 atom stereocenters. The Kier molecular flexibility index (Phi) is 3.02. The lowest BCUT2D eigenvalue weighted by Crippen LogP contribution is -2.13. The smallest absolute Gasteiger partial charge is 0.133 e. The number of ketones is 1. The van der Waals surface area contributed by atoms with Gasteiger partial charge in [-0.2, -0.15) is 0 Å². The Labute approximate surface area is 92.6 Å². The van der Waals surface area contributed by atoms with Gasteiger partial charge in [0.25, 0.3) is 0 Å². The number of hydrogen-bond donors (Lipinski definition) is 0. The second-order valence-corrected chi connectivity index (χ2v) is 4.80. The molecule has 0 radical (unpaired) electrons. The van der Waals surface area contributed by atoms with Crippen LogP contribution in [0.3, 0.4) is 0 Å². The van der Waals surface area contributed by atoms with Crippen LogP contribution in [-0.4, -0.2) is 5.78 Å². The molecule has 1 saturated carbocycles. The van der Waals surface area contributed by atoms with Crippen molar-refractivity contribution in [1.82, 2.24) is 0 Å². The molecule has 0 bridgehead atoms. The van der Waals surface area contributed by atoms with Gasteiger partial charge in [0.2, 0.25) is 0 Å². The van der Waals surface area contributed by atoms with Crippen molar-refractivity contribution in [3.8, 4) is 0 Å². The van der Waals surface area contributed by atoms with Gasteiger partial charge in [0.15, 0.2) is 0 Å². The Morgan fingerprint density at radius 2 is 2.21 bits per heavy atom. The Balaban J connectivity index is 2.17. The minimum absolute atomic E-state index is 0.418. The molecule has 0 saturated heterocycles. The third kappa shape index (κ3) is 2.24. The standard InChI is InChI=1S/C12H13BrO/c13-11-5-1-3-9(7-11)10-4-2-6-12(14)8-10/h1,3,5,7,10H,2,4,6,8H2. The molecule has 0 aromatic heterocycles. The van der Waals surface area contributed by atoms with Crippen molar-refractivity contribution in [3.05, 3.63) is 34.3 Å². The minimum Gasteiger partial charge on any atom is -0.300 e. The van der Waals surface area contributed by atoms with Crippen molar-refractivity contribution < 1.29 is 4.79 Å². The minimum atomic E-state index is 0.418. The molecule has 1 aliphatic carbocycles. The van der Waals surface area contributed by atoms with Crippen molar-refractivity contribution in [2.45, 2.75) is 31.6 Å². The topological polar surface area (TPSA) is 17.1 Å². The third-order valence-corrected chi connectivity index (χ3v) is 3.30. The van der Waals surface area contributed by atoms with E-state index < -0.39 is 0 Å². The van der Waals surface area contributed by atoms with Gasteiger partial charge in [-0.05, 0) is 36.5 Å². The van der Waals surface area contributed by atoms with Crippen LogP contribution in [0.25, 0.3) is 0 Å². The van der Waals surface area contributed by atoms with Gasteiger partial charge >= 0.3 is 0 Å². The molecule has 14 heavy (non-hydrogen) atoms. The predicted octanol–water partition coefficient (Wildman–Crippen LogP) is 3.68. The molecule has 0 heterocycles. The molecule has 0 amide bonds. The van der Waals surface area contributed by atoms with Crippen molar-refractivity contribution in [2.24, 2.45) is 0 Å². The van der Waals surface area contributed by atoms with Crippen LogP contribution in [0, 0.1) is 0 Å². The van der Waals surface area contributed by atoms with Gasteiger partial charge in [0, 0.05) is 17.3 Å². The van der Waals surface area contributed by atoms with Gasteiger partial charge < -0.3 is 0 Å². The molecule has 2 heteroatoms. The molecule has 74 valence electrons. The molecule has 1 unspecified atom stereocenters. The van der Waals surface area contributed by atoms with E-state index in [2.05, 4.69) is 28.1 Å². The van der Waals surface area contributed by atoms with E-state index in [4.69, 9.17) is 0 Å². The van der Waals surface area contributed by atoms with Crippen LogP contribution >= 0.6 is 15.9 Å². The molecule has 0 spiro atoms. The monoisotopic (exact) mass is 252 g/mol. The van der Waals surface area contributed by atoms with Crippen LogP contribution in [0.4, 0.5) is 0 Å². The van der Waals surface area contributed by atoms with Crippen LogP contribution in [0.2, 0.25) is 0 Å². The number of carbonyl (C=O) groups is 1. The average molecular weight is 253 g/mol. The second kappa shape index (κ2) is 4.26. The fourth-order valence-corrected chi connectivity index (χ4v) is 2.49. The maximum Gasteiger partial charge on any atom is 0.133 e. The zero-order valence-corrected chi connectivity index (χ0v) is 9.59. The molecule has 1 aliphatic rings. The van der Waals surface area contributed by atoms with Crippen molar-refractivity contribution in [2.75, 3.05) is 0 Å². The number of halogens is 1. The average Bonchev–Trinajstić information content (AvgIpc) is 2.18. The van der Waals surface area contributed by atoms with Gasteiger partial charge in [-0.3, -0.25) is 4.79 Å². The maximum absolute atomic E-state index is 11.3. The third-order valence-electron chi connectivity index (χ3n) is 2.80. The molecule has 0 aliphatic heterocycles. The molecule has 2 rings (SSSR count). The lowest BCUT2D eigenvalue weighted by molar-refractivity contribution is -0.120. The first-order valence-corrected chi connectivity index (χ1v) is 5.82. The molecular weight excluding hydrogens is 240 g/mol. The number of rotatable bonds is 1. The summed E-state index contributed by atoms with van der Waals surface area (Å²) in [6.07, 6.45) is 3.72. The highest BCUT2D eigenvalue weighted by Gasteiger charge is 2.20. The largest absolute Gasteiger partial charge is 0.300 e. The van der Waals surface area contributed by atoms with Gasteiger partial charge in [-0.1, -0.05) is 28.1 Å². The summed E-state index contributed by atoms with van der Waals surface area (Å²) in [6, 6.07) is 8.31. The van der Waals surface area contributed by atoms with E-state index >= 15 is 0 Å². The maximum atomic E-state index is 11.3. The summed E-state index contributed by atoms with van der Waals surface area (Å²) in [4.78, 5) is 11.3. The number of carbonyl (C=O) groups excluding carboxylic acids is 1.